The molecule has 0 unspecified atom stereocenters. The zero-order valence-electron chi connectivity index (χ0n) is 20.0. The van der Waals surface area contributed by atoms with Crippen molar-refractivity contribution in [2.45, 2.75) is 117 Å². The van der Waals surface area contributed by atoms with Crippen LogP contribution in [0.15, 0.2) is 24.3 Å². The van der Waals surface area contributed by atoms with Crippen LogP contribution in [0.25, 0.3) is 0 Å². The molecule has 30 heavy (non-hydrogen) atoms. The molecule has 3 rings (SSSR count). The van der Waals surface area contributed by atoms with Crippen molar-refractivity contribution in [2.24, 2.45) is 23.7 Å². The Morgan fingerprint density at radius 3 is 1.60 bits per heavy atom. The second kappa shape index (κ2) is 13.4. The first-order valence-electron chi connectivity index (χ1n) is 13.5. The number of aryl methyl sites for hydroxylation is 1. The average Bonchev–Trinajstić information content (AvgIpc) is 2.78. The molecular weight excluding hydrogens is 364 g/mol. The largest absolute Gasteiger partial charge is 0.494 e. The lowest BCUT2D eigenvalue weighted by atomic mass is 9.78. The Hall–Kier alpha value is -0.980. The van der Waals surface area contributed by atoms with Gasteiger partial charge in [-0.2, -0.15) is 0 Å². The summed E-state index contributed by atoms with van der Waals surface area (Å²) in [6.45, 7) is 5.54. The molecule has 170 valence electrons. The summed E-state index contributed by atoms with van der Waals surface area (Å²) in [5, 5.41) is 0. The first-order valence-corrected chi connectivity index (χ1v) is 13.5. The maximum absolute atomic E-state index is 6.04. The van der Waals surface area contributed by atoms with Gasteiger partial charge in [-0.1, -0.05) is 103 Å². The number of hydrogen-bond acceptors (Lipinski definition) is 1. The summed E-state index contributed by atoms with van der Waals surface area (Å²) in [6.07, 6.45) is 22.6. The Morgan fingerprint density at radius 1 is 0.633 bits per heavy atom. The third-order valence-electron chi connectivity index (χ3n) is 8.12. The van der Waals surface area contributed by atoms with Crippen LogP contribution in [-0.4, -0.2) is 6.61 Å². The Balaban J connectivity index is 1.25. The lowest BCUT2D eigenvalue weighted by Gasteiger charge is -2.28. The van der Waals surface area contributed by atoms with Crippen LogP contribution in [0.4, 0.5) is 0 Å². The second-order valence-corrected chi connectivity index (χ2v) is 10.5. The average molecular weight is 413 g/mol. The van der Waals surface area contributed by atoms with Crippen molar-refractivity contribution in [2.75, 3.05) is 6.61 Å². The van der Waals surface area contributed by atoms with Crippen LogP contribution < -0.4 is 4.74 Å². The molecule has 0 bridgehead atoms. The van der Waals surface area contributed by atoms with Crippen LogP contribution in [-0.2, 0) is 6.42 Å². The Labute approximate surface area is 187 Å². The van der Waals surface area contributed by atoms with Gasteiger partial charge in [-0.25, -0.2) is 0 Å². The quantitative estimate of drug-likeness (QED) is 0.311. The van der Waals surface area contributed by atoms with Gasteiger partial charge < -0.3 is 4.74 Å². The molecule has 2 fully saturated rings. The minimum absolute atomic E-state index is 0.884. The van der Waals surface area contributed by atoms with Gasteiger partial charge in [0.05, 0.1) is 6.61 Å². The molecule has 2 aliphatic rings. The molecule has 0 heterocycles. The highest BCUT2D eigenvalue weighted by molar-refractivity contribution is 5.27. The lowest BCUT2D eigenvalue weighted by molar-refractivity contribution is 0.230. The van der Waals surface area contributed by atoms with E-state index < -0.39 is 0 Å². The number of hydrogen-bond donors (Lipinski definition) is 0. The zero-order chi connectivity index (χ0) is 21.0. The van der Waals surface area contributed by atoms with Crippen LogP contribution in [0, 0.1) is 23.7 Å². The molecule has 1 heteroatoms. The topological polar surface area (TPSA) is 9.23 Å². The molecule has 0 aromatic heterocycles. The molecule has 1 nitrogen and oxygen atoms in total. The monoisotopic (exact) mass is 412 g/mol. The molecule has 1 aromatic rings. The van der Waals surface area contributed by atoms with Crippen molar-refractivity contribution < 1.29 is 4.74 Å². The standard InChI is InChI=1S/C29H48O/c1-3-6-24-9-13-26(14-10-24)8-5-23-30-29-21-19-28(20-22-29)18-17-27-15-11-25(7-4-2)12-16-27/h19-22,24-27H,3-18,23H2,1-2H3/t24-,25-,26-,27-. The van der Waals surface area contributed by atoms with Gasteiger partial charge in [-0.05, 0) is 67.1 Å². The maximum Gasteiger partial charge on any atom is 0.119 e. The van der Waals surface area contributed by atoms with Crippen LogP contribution in [0.5, 0.6) is 5.75 Å². The summed E-state index contributed by atoms with van der Waals surface area (Å²) < 4.78 is 6.04. The number of benzene rings is 1. The van der Waals surface area contributed by atoms with Gasteiger partial charge in [0.2, 0.25) is 0 Å². The van der Waals surface area contributed by atoms with Crippen LogP contribution in [0.3, 0.4) is 0 Å². The van der Waals surface area contributed by atoms with Gasteiger partial charge in [0.1, 0.15) is 5.75 Å². The van der Waals surface area contributed by atoms with Crippen LogP contribution in [0.2, 0.25) is 0 Å². The van der Waals surface area contributed by atoms with Gasteiger partial charge in [-0.3, -0.25) is 0 Å². The van der Waals surface area contributed by atoms with E-state index in [0.717, 1.165) is 36.0 Å². The Morgan fingerprint density at radius 2 is 1.10 bits per heavy atom. The SMILES string of the molecule is CCC[C@H]1CC[C@H](CCCOc2ccc(CC[C@H]3CC[C@H](CCC)CC3)cc2)CC1. The molecule has 0 saturated heterocycles. The van der Waals surface area contributed by atoms with E-state index in [9.17, 15) is 0 Å². The van der Waals surface area contributed by atoms with Gasteiger partial charge in [0.15, 0.2) is 0 Å². The van der Waals surface area contributed by atoms with E-state index in [1.165, 1.54) is 108 Å². The van der Waals surface area contributed by atoms with Crippen molar-refractivity contribution in [3.05, 3.63) is 29.8 Å². The van der Waals surface area contributed by atoms with E-state index in [4.69, 9.17) is 4.74 Å². The lowest BCUT2D eigenvalue weighted by Crippen LogP contribution is -2.15. The van der Waals surface area contributed by atoms with E-state index in [2.05, 4.69) is 38.1 Å². The summed E-state index contributed by atoms with van der Waals surface area (Å²) in [5.74, 6) is 5.04. The molecule has 0 amide bonds. The minimum Gasteiger partial charge on any atom is -0.494 e. The van der Waals surface area contributed by atoms with Crippen molar-refractivity contribution in [3.63, 3.8) is 0 Å². The van der Waals surface area contributed by atoms with E-state index in [1.807, 2.05) is 0 Å². The highest BCUT2D eigenvalue weighted by atomic mass is 16.5. The summed E-state index contributed by atoms with van der Waals surface area (Å²) in [5.41, 5.74) is 1.49. The van der Waals surface area contributed by atoms with Crippen LogP contribution in [0.1, 0.15) is 116 Å². The van der Waals surface area contributed by atoms with Crippen molar-refractivity contribution >= 4 is 0 Å². The summed E-state index contributed by atoms with van der Waals surface area (Å²) in [4.78, 5) is 0. The van der Waals surface area contributed by atoms with Gasteiger partial charge in [-0.15, -0.1) is 0 Å². The Kier molecular flexibility index (Phi) is 10.6. The smallest absolute Gasteiger partial charge is 0.119 e. The molecule has 0 radical (unpaired) electrons. The molecular formula is C29H48O. The number of ether oxygens (including phenoxy) is 1. The van der Waals surface area contributed by atoms with E-state index in [0.29, 0.717) is 0 Å². The first-order chi connectivity index (χ1) is 14.8. The van der Waals surface area contributed by atoms with E-state index in [1.54, 1.807) is 0 Å². The molecule has 2 aliphatic carbocycles. The molecule has 0 spiro atoms. The fourth-order valence-corrected chi connectivity index (χ4v) is 6.12. The fraction of sp³-hybridized carbons (Fsp3) is 0.793. The maximum atomic E-state index is 6.04. The fourth-order valence-electron chi connectivity index (χ4n) is 6.12. The van der Waals surface area contributed by atoms with Crippen LogP contribution >= 0.6 is 0 Å². The molecule has 0 atom stereocenters. The zero-order valence-corrected chi connectivity index (χ0v) is 20.0. The van der Waals surface area contributed by atoms with Gasteiger partial charge >= 0.3 is 0 Å². The summed E-state index contributed by atoms with van der Waals surface area (Å²) in [6, 6.07) is 8.99. The van der Waals surface area contributed by atoms with Crippen molar-refractivity contribution in [1.82, 2.24) is 0 Å². The molecule has 2 saturated carbocycles. The van der Waals surface area contributed by atoms with E-state index >= 15 is 0 Å². The predicted octanol–water partition coefficient (Wildman–Crippen LogP) is 8.99. The van der Waals surface area contributed by atoms with Gasteiger partial charge in [0, 0.05) is 0 Å². The Bertz CT molecular complexity index is 546. The van der Waals surface area contributed by atoms with Crippen molar-refractivity contribution in [3.8, 4) is 5.75 Å². The number of rotatable bonds is 12. The second-order valence-electron chi connectivity index (χ2n) is 10.5. The highest BCUT2D eigenvalue weighted by Crippen LogP contribution is 2.35. The molecule has 0 N–H and O–H groups in total. The summed E-state index contributed by atoms with van der Waals surface area (Å²) in [7, 11) is 0. The molecule has 0 aliphatic heterocycles. The normalized spacial score (nSPS) is 27.1. The highest BCUT2D eigenvalue weighted by Gasteiger charge is 2.21. The predicted molar refractivity (Wildman–Crippen MR) is 130 cm³/mol. The van der Waals surface area contributed by atoms with E-state index in [-0.39, 0.29) is 0 Å². The summed E-state index contributed by atoms with van der Waals surface area (Å²) >= 11 is 0. The van der Waals surface area contributed by atoms with Gasteiger partial charge in [0.25, 0.3) is 0 Å². The van der Waals surface area contributed by atoms with Crippen molar-refractivity contribution in [1.29, 1.82) is 0 Å². The third kappa shape index (κ3) is 8.27. The molecule has 1 aromatic carbocycles. The first kappa shape index (κ1) is 23.7. The third-order valence-corrected chi connectivity index (χ3v) is 8.12. The minimum atomic E-state index is 0.884.